The molecular formula is C12H9F12I. The monoisotopic (exact) mass is 508 g/mol. The highest BCUT2D eigenvalue weighted by molar-refractivity contribution is 14.1. The first-order valence-electron chi connectivity index (χ1n) is 6.46. The number of hydrogen-bond acceptors (Lipinski definition) is 0. The van der Waals surface area contributed by atoms with Gasteiger partial charge in [-0.1, -0.05) is 34.7 Å². The molecule has 0 fully saturated rings. The van der Waals surface area contributed by atoms with Crippen molar-refractivity contribution in [3.63, 3.8) is 0 Å². The summed E-state index contributed by atoms with van der Waals surface area (Å²) in [7, 11) is 0. The van der Waals surface area contributed by atoms with Crippen molar-refractivity contribution in [1.82, 2.24) is 0 Å². The summed E-state index contributed by atoms with van der Waals surface area (Å²) in [5, 5.41) is 0. The van der Waals surface area contributed by atoms with Crippen LogP contribution >= 0.6 is 22.6 Å². The zero-order valence-electron chi connectivity index (χ0n) is 11.8. The Morgan fingerprint density at radius 3 is 1.44 bits per heavy atom. The molecule has 0 aromatic carbocycles. The van der Waals surface area contributed by atoms with Gasteiger partial charge in [-0.15, -0.1) is 0 Å². The Kier molecular flexibility index (Phi) is 5.76. The fraction of sp³-hybridized carbons (Fsp3) is 0.833. The van der Waals surface area contributed by atoms with Gasteiger partial charge in [-0.3, -0.25) is 0 Å². The van der Waals surface area contributed by atoms with Crippen LogP contribution in [0.25, 0.3) is 0 Å². The van der Waals surface area contributed by atoms with E-state index >= 15 is 0 Å². The SMILES string of the molecule is FC(F)(F)C(F)(F)C(F)(F)C(F)(F)C(I)(C1CC=CCC1)C(F)(F)F. The second-order valence-electron chi connectivity index (χ2n) is 5.41. The van der Waals surface area contributed by atoms with Gasteiger partial charge in [0, 0.05) is 0 Å². The van der Waals surface area contributed by atoms with Crippen LogP contribution in [0.5, 0.6) is 0 Å². The molecule has 0 spiro atoms. The molecule has 2 unspecified atom stereocenters. The van der Waals surface area contributed by atoms with Gasteiger partial charge >= 0.3 is 30.1 Å². The van der Waals surface area contributed by atoms with E-state index in [0.29, 0.717) is 0 Å². The largest absolute Gasteiger partial charge is 0.460 e. The lowest BCUT2D eigenvalue weighted by Crippen LogP contribution is -2.72. The van der Waals surface area contributed by atoms with Crippen molar-refractivity contribution < 1.29 is 52.7 Å². The molecule has 0 saturated heterocycles. The highest BCUT2D eigenvalue weighted by Gasteiger charge is 2.89. The van der Waals surface area contributed by atoms with Gasteiger partial charge in [0.1, 0.15) is 0 Å². The Morgan fingerprint density at radius 1 is 0.640 bits per heavy atom. The van der Waals surface area contributed by atoms with Crippen LogP contribution in [0.15, 0.2) is 12.2 Å². The predicted octanol–water partition coefficient (Wildman–Crippen LogP) is 6.55. The highest BCUT2D eigenvalue weighted by Crippen LogP contribution is 2.64. The quantitative estimate of drug-likeness (QED) is 0.175. The Hall–Kier alpha value is -0.370. The summed E-state index contributed by atoms with van der Waals surface area (Å²) in [6.45, 7) is 0. The number of allylic oxidation sites excluding steroid dienone is 2. The lowest BCUT2D eigenvalue weighted by molar-refractivity contribution is -0.411. The van der Waals surface area contributed by atoms with E-state index in [1.807, 2.05) is 0 Å². The van der Waals surface area contributed by atoms with Crippen LogP contribution in [0.1, 0.15) is 19.3 Å². The molecular weight excluding hydrogens is 499 g/mol. The van der Waals surface area contributed by atoms with E-state index in [1.54, 1.807) is 0 Å². The molecule has 1 rings (SSSR count). The van der Waals surface area contributed by atoms with Gasteiger partial charge in [0.2, 0.25) is 0 Å². The topological polar surface area (TPSA) is 0 Å². The molecule has 0 amide bonds. The van der Waals surface area contributed by atoms with Crippen LogP contribution in [0.4, 0.5) is 52.7 Å². The molecule has 0 radical (unpaired) electrons. The van der Waals surface area contributed by atoms with Crippen molar-refractivity contribution >= 4 is 22.6 Å². The zero-order valence-corrected chi connectivity index (χ0v) is 13.9. The highest BCUT2D eigenvalue weighted by atomic mass is 127. The predicted molar refractivity (Wildman–Crippen MR) is 70.2 cm³/mol. The van der Waals surface area contributed by atoms with Crippen molar-refractivity contribution in [2.75, 3.05) is 0 Å². The second kappa shape index (κ2) is 6.36. The summed E-state index contributed by atoms with van der Waals surface area (Å²) in [4.78, 5) is 0. The molecule has 0 saturated carbocycles. The van der Waals surface area contributed by atoms with E-state index in [1.165, 1.54) is 6.08 Å². The molecule has 148 valence electrons. The maximum Gasteiger partial charge on any atom is 0.460 e. The average Bonchev–Trinajstić information content (AvgIpc) is 2.44. The summed E-state index contributed by atoms with van der Waals surface area (Å²) in [6, 6.07) is 0. The average molecular weight is 508 g/mol. The summed E-state index contributed by atoms with van der Waals surface area (Å²) >= 11 is -0.153. The van der Waals surface area contributed by atoms with Crippen LogP contribution in [0.2, 0.25) is 0 Å². The van der Waals surface area contributed by atoms with Gasteiger partial charge in [0.15, 0.2) is 3.42 Å². The number of halogens is 13. The van der Waals surface area contributed by atoms with E-state index in [0.717, 1.165) is 6.08 Å². The van der Waals surface area contributed by atoms with Gasteiger partial charge in [-0.25, -0.2) is 0 Å². The molecule has 2 atom stereocenters. The normalized spacial score (nSPS) is 23.5. The summed E-state index contributed by atoms with van der Waals surface area (Å²) in [5.41, 5.74) is 0. The molecule has 1 aliphatic rings. The minimum absolute atomic E-state index is 0.153. The van der Waals surface area contributed by atoms with Crippen LogP contribution in [0, 0.1) is 5.92 Å². The Balaban J connectivity index is 3.59. The standard InChI is InChI=1S/C12H9F12I/c13-8(14,9(15,16)10(17,18)12(22,23)24)7(25,11(19,20)21)6-4-2-1-3-5-6/h1-2,6H,3-5H2. The zero-order chi connectivity index (χ0) is 20.1. The lowest BCUT2D eigenvalue weighted by Gasteiger charge is -2.47. The van der Waals surface area contributed by atoms with Crippen molar-refractivity contribution in [2.45, 2.75) is 52.8 Å². The third-order valence-corrected chi connectivity index (χ3v) is 6.02. The maximum absolute atomic E-state index is 14.1. The van der Waals surface area contributed by atoms with Crippen molar-refractivity contribution in [1.29, 1.82) is 0 Å². The first-order valence-corrected chi connectivity index (χ1v) is 7.54. The smallest absolute Gasteiger partial charge is 0.198 e. The van der Waals surface area contributed by atoms with Crippen LogP contribution in [-0.4, -0.2) is 33.5 Å². The summed E-state index contributed by atoms with van der Waals surface area (Å²) in [6.07, 6.45) is -13.0. The third kappa shape index (κ3) is 3.22. The van der Waals surface area contributed by atoms with E-state index in [2.05, 4.69) is 0 Å². The minimum atomic E-state index is -7.37. The molecule has 0 aliphatic heterocycles. The maximum atomic E-state index is 14.1. The number of rotatable bonds is 4. The molecule has 0 aromatic rings. The Bertz CT molecular complexity index is 517. The molecule has 0 aromatic heterocycles. The van der Waals surface area contributed by atoms with Crippen molar-refractivity contribution in [3.05, 3.63) is 12.2 Å². The summed E-state index contributed by atoms with van der Waals surface area (Å²) < 4.78 is 152. The van der Waals surface area contributed by atoms with E-state index in [9.17, 15) is 52.7 Å². The molecule has 0 bridgehead atoms. The van der Waals surface area contributed by atoms with E-state index < -0.39 is 52.3 Å². The second-order valence-corrected chi connectivity index (χ2v) is 7.11. The molecule has 0 nitrogen and oxygen atoms in total. The number of alkyl halides is 13. The van der Waals surface area contributed by atoms with Gasteiger partial charge in [0.05, 0.1) is 0 Å². The fourth-order valence-corrected chi connectivity index (χ4v) is 3.33. The van der Waals surface area contributed by atoms with Crippen LogP contribution in [-0.2, 0) is 0 Å². The van der Waals surface area contributed by atoms with E-state index in [-0.39, 0.29) is 29.0 Å². The Morgan fingerprint density at radius 2 is 1.12 bits per heavy atom. The van der Waals surface area contributed by atoms with Crippen molar-refractivity contribution in [3.8, 4) is 0 Å². The van der Waals surface area contributed by atoms with Gasteiger partial charge < -0.3 is 0 Å². The summed E-state index contributed by atoms with van der Waals surface area (Å²) in [5.74, 6) is -23.7. The lowest BCUT2D eigenvalue weighted by atomic mass is 9.76. The minimum Gasteiger partial charge on any atom is -0.198 e. The molecule has 1 aliphatic carbocycles. The van der Waals surface area contributed by atoms with Crippen LogP contribution < -0.4 is 0 Å². The molecule has 13 heteroatoms. The fourth-order valence-electron chi connectivity index (χ4n) is 2.42. The first-order chi connectivity index (χ1) is 10.9. The van der Waals surface area contributed by atoms with Gasteiger partial charge in [-0.05, 0) is 25.2 Å². The van der Waals surface area contributed by atoms with Gasteiger partial charge in [-0.2, -0.15) is 52.7 Å². The Labute approximate surface area is 146 Å². The van der Waals surface area contributed by atoms with Crippen LogP contribution in [0.3, 0.4) is 0 Å². The molecule has 0 heterocycles. The number of hydrogen-bond donors (Lipinski definition) is 0. The van der Waals surface area contributed by atoms with Gasteiger partial charge in [0.25, 0.3) is 0 Å². The van der Waals surface area contributed by atoms with E-state index in [4.69, 9.17) is 0 Å². The molecule has 25 heavy (non-hydrogen) atoms. The third-order valence-electron chi connectivity index (χ3n) is 3.85. The molecule has 0 N–H and O–H groups in total. The van der Waals surface area contributed by atoms with Crippen molar-refractivity contribution in [2.24, 2.45) is 5.92 Å². The first kappa shape index (κ1) is 22.7.